The van der Waals surface area contributed by atoms with Crippen LogP contribution in [0.5, 0.6) is 0 Å². The summed E-state index contributed by atoms with van der Waals surface area (Å²) in [5.41, 5.74) is 3.36. The minimum atomic E-state index is -0.224. The van der Waals surface area contributed by atoms with Crippen LogP contribution in [0.3, 0.4) is 0 Å². The molecule has 3 heteroatoms. The van der Waals surface area contributed by atoms with E-state index in [2.05, 4.69) is 6.58 Å². The first-order valence-electron chi connectivity index (χ1n) is 5.78. The molecule has 0 fully saturated rings. The summed E-state index contributed by atoms with van der Waals surface area (Å²) in [5, 5.41) is 0. The van der Waals surface area contributed by atoms with Crippen molar-refractivity contribution in [1.29, 1.82) is 0 Å². The second-order valence-corrected chi connectivity index (χ2v) is 4.41. The van der Waals surface area contributed by atoms with Crippen molar-refractivity contribution < 1.29 is 9.59 Å². The minimum Gasteiger partial charge on any atom is -0.281 e. The number of likely N-dealkylation sites (N-methyl/N-ethyl adjacent to an activating group) is 1. The molecule has 1 aliphatic rings. The number of rotatable bonds is 2. The molecule has 2 rings (SSSR count). The number of benzene rings is 1. The molecular formula is C15H15NO2. The SMILES string of the molecule is C=C/C=C\c1cc(C)cc2c1CC(=O)N(C)C2=O. The number of carbonyl (C=O) groups is 2. The normalized spacial score (nSPS) is 15.1. The predicted molar refractivity (Wildman–Crippen MR) is 71.2 cm³/mol. The first kappa shape index (κ1) is 12.3. The Morgan fingerprint density at radius 1 is 1.33 bits per heavy atom. The Morgan fingerprint density at radius 2 is 2.06 bits per heavy atom. The third kappa shape index (κ3) is 1.99. The number of nitrogens with zero attached hydrogens (tertiary/aromatic N) is 1. The Labute approximate surface area is 106 Å². The molecule has 0 unspecified atom stereocenters. The summed E-state index contributed by atoms with van der Waals surface area (Å²) in [4.78, 5) is 25.0. The average Bonchev–Trinajstić information content (AvgIpc) is 2.34. The van der Waals surface area contributed by atoms with Crippen LogP contribution in [0, 0.1) is 6.92 Å². The van der Waals surface area contributed by atoms with Gasteiger partial charge in [0.1, 0.15) is 0 Å². The van der Waals surface area contributed by atoms with E-state index in [0.717, 1.165) is 16.7 Å². The highest BCUT2D eigenvalue weighted by molar-refractivity contribution is 6.10. The van der Waals surface area contributed by atoms with Gasteiger partial charge in [0.2, 0.25) is 5.91 Å². The molecule has 1 heterocycles. The molecule has 18 heavy (non-hydrogen) atoms. The van der Waals surface area contributed by atoms with E-state index in [4.69, 9.17) is 0 Å². The summed E-state index contributed by atoms with van der Waals surface area (Å²) in [5.74, 6) is -0.386. The molecule has 0 atom stereocenters. The van der Waals surface area contributed by atoms with Crippen LogP contribution in [0.15, 0.2) is 30.9 Å². The van der Waals surface area contributed by atoms with Crippen molar-refractivity contribution in [2.75, 3.05) is 7.05 Å². The van der Waals surface area contributed by atoms with Crippen molar-refractivity contribution in [2.24, 2.45) is 0 Å². The van der Waals surface area contributed by atoms with E-state index < -0.39 is 0 Å². The van der Waals surface area contributed by atoms with E-state index in [-0.39, 0.29) is 18.2 Å². The zero-order valence-electron chi connectivity index (χ0n) is 10.6. The van der Waals surface area contributed by atoms with Crippen LogP contribution in [0.25, 0.3) is 6.08 Å². The fourth-order valence-electron chi connectivity index (χ4n) is 2.12. The van der Waals surface area contributed by atoms with Crippen molar-refractivity contribution in [2.45, 2.75) is 13.3 Å². The maximum atomic E-state index is 12.1. The summed E-state index contributed by atoms with van der Waals surface area (Å²) < 4.78 is 0. The van der Waals surface area contributed by atoms with Crippen LogP contribution in [0.1, 0.15) is 27.0 Å². The third-order valence-corrected chi connectivity index (χ3v) is 3.08. The van der Waals surface area contributed by atoms with Crippen molar-refractivity contribution in [1.82, 2.24) is 4.90 Å². The molecular weight excluding hydrogens is 226 g/mol. The van der Waals surface area contributed by atoms with Gasteiger partial charge in [0.25, 0.3) is 5.91 Å². The highest BCUT2D eigenvalue weighted by atomic mass is 16.2. The van der Waals surface area contributed by atoms with Gasteiger partial charge >= 0.3 is 0 Å². The molecule has 0 aliphatic carbocycles. The van der Waals surface area contributed by atoms with Crippen molar-refractivity contribution >= 4 is 17.9 Å². The lowest BCUT2D eigenvalue weighted by molar-refractivity contribution is -0.127. The molecule has 1 aromatic rings. The molecule has 0 N–H and O–H groups in total. The summed E-state index contributed by atoms with van der Waals surface area (Å²) in [7, 11) is 1.52. The van der Waals surface area contributed by atoms with Crippen LogP contribution in [0.2, 0.25) is 0 Å². The quantitative estimate of drug-likeness (QED) is 0.588. The van der Waals surface area contributed by atoms with Gasteiger partial charge in [-0.2, -0.15) is 0 Å². The van der Waals surface area contributed by atoms with E-state index in [9.17, 15) is 9.59 Å². The number of amides is 2. The van der Waals surface area contributed by atoms with Gasteiger partial charge < -0.3 is 0 Å². The topological polar surface area (TPSA) is 37.4 Å². The Morgan fingerprint density at radius 3 is 2.72 bits per heavy atom. The number of carbonyl (C=O) groups excluding carboxylic acids is 2. The van der Waals surface area contributed by atoms with Crippen molar-refractivity contribution in [3.63, 3.8) is 0 Å². The molecule has 0 radical (unpaired) electrons. The summed E-state index contributed by atoms with van der Waals surface area (Å²) in [6.45, 7) is 5.56. The van der Waals surface area contributed by atoms with Gasteiger partial charge in [0, 0.05) is 12.6 Å². The standard InChI is InChI=1S/C15H15NO2/c1-4-5-6-11-7-10(2)8-13-12(11)9-14(17)16(3)15(13)18/h4-8H,1,9H2,2-3H3/b6-5-. The summed E-state index contributed by atoms with van der Waals surface area (Å²) >= 11 is 0. The lowest BCUT2D eigenvalue weighted by Gasteiger charge is -2.24. The molecule has 0 saturated carbocycles. The summed E-state index contributed by atoms with van der Waals surface area (Å²) in [6.07, 6.45) is 5.63. The van der Waals surface area contributed by atoms with E-state index in [1.807, 2.05) is 31.2 Å². The Balaban J connectivity index is 2.63. The van der Waals surface area contributed by atoms with Gasteiger partial charge in [0.15, 0.2) is 0 Å². The van der Waals surface area contributed by atoms with E-state index in [0.29, 0.717) is 5.56 Å². The fourth-order valence-corrected chi connectivity index (χ4v) is 2.12. The highest BCUT2D eigenvalue weighted by Gasteiger charge is 2.29. The second kappa shape index (κ2) is 4.61. The Hall–Kier alpha value is -2.16. The van der Waals surface area contributed by atoms with Gasteiger partial charge in [-0.25, -0.2) is 0 Å². The van der Waals surface area contributed by atoms with Crippen LogP contribution in [-0.4, -0.2) is 23.8 Å². The summed E-state index contributed by atoms with van der Waals surface area (Å²) in [6, 6.07) is 3.82. The number of hydrogen-bond donors (Lipinski definition) is 0. The lowest BCUT2D eigenvalue weighted by Crippen LogP contribution is -2.39. The zero-order chi connectivity index (χ0) is 13.3. The van der Waals surface area contributed by atoms with E-state index in [1.54, 1.807) is 6.08 Å². The number of aryl methyl sites for hydroxylation is 1. The molecule has 0 bridgehead atoms. The minimum absolute atomic E-state index is 0.162. The lowest BCUT2D eigenvalue weighted by atomic mass is 9.91. The molecule has 92 valence electrons. The van der Waals surface area contributed by atoms with Gasteiger partial charge in [0.05, 0.1) is 6.42 Å². The van der Waals surface area contributed by atoms with Crippen LogP contribution < -0.4 is 0 Å². The van der Waals surface area contributed by atoms with Crippen molar-refractivity contribution in [3.05, 3.63) is 53.1 Å². The van der Waals surface area contributed by atoms with E-state index >= 15 is 0 Å². The van der Waals surface area contributed by atoms with Crippen LogP contribution in [0.4, 0.5) is 0 Å². The first-order chi connectivity index (χ1) is 8.54. The number of imide groups is 1. The predicted octanol–water partition coefficient (Wildman–Crippen LogP) is 2.35. The van der Waals surface area contributed by atoms with Gasteiger partial charge in [-0.05, 0) is 29.7 Å². The largest absolute Gasteiger partial charge is 0.281 e. The van der Waals surface area contributed by atoms with Gasteiger partial charge in [-0.1, -0.05) is 30.9 Å². The fraction of sp³-hybridized carbons (Fsp3) is 0.200. The molecule has 3 nitrogen and oxygen atoms in total. The molecule has 0 aromatic heterocycles. The maximum absolute atomic E-state index is 12.1. The first-order valence-corrected chi connectivity index (χ1v) is 5.78. The number of hydrogen-bond acceptors (Lipinski definition) is 2. The Kier molecular flexibility index (Phi) is 3.15. The third-order valence-electron chi connectivity index (χ3n) is 3.08. The van der Waals surface area contributed by atoms with Crippen LogP contribution in [-0.2, 0) is 11.2 Å². The van der Waals surface area contributed by atoms with Crippen LogP contribution >= 0.6 is 0 Å². The molecule has 1 aromatic carbocycles. The van der Waals surface area contributed by atoms with Gasteiger partial charge in [-0.15, -0.1) is 0 Å². The zero-order valence-corrected chi connectivity index (χ0v) is 10.6. The number of fused-ring (bicyclic) bond motifs is 1. The molecule has 2 amide bonds. The van der Waals surface area contributed by atoms with Gasteiger partial charge in [-0.3, -0.25) is 14.5 Å². The second-order valence-electron chi connectivity index (χ2n) is 4.41. The maximum Gasteiger partial charge on any atom is 0.260 e. The molecule has 0 spiro atoms. The monoisotopic (exact) mass is 241 g/mol. The van der Waals surface area contributed by atoms with Crippen molar-refractivity contribution in [3.8, 4) is 0 Å². The van der Waals surface area contributed by atoms with E-state index in [1.165, 1.54) is 11.9 Å². The smallest absolute Gasteiger partial charge is 0.260 e. The Bertz CT molecular complexity index is 570. The highest BCUT2D eigenvalue weighted by Crippen LogP contribution is 2.25. The molecule has 0 saturated heterocycles. The molecule has 1 aliphatic heterocycles. The number of allylic oxidation sites excluding steroid dienone is 2. The average molecular weight is 241 g/mol.